The fourth-order valence-electron chi connectivity index (χ4n) is 2.11. The molecule has 94 valence electrons. The fraction of sp³-hybridized carbons (Fsp3) is 0.429. The minimum Gasteiger partial charge on any atom is -0.376 e. The number of ether oxygens (including phenoxy) is 1. The molecule has 2 atom stereocenters. The highest BCUT2D eigenvalue weighted by molar-refractivity contribution is 5.84. The third-order valence-electron chi connectivity index (χ3n) is 3.23. The average molecular weight is 244 g/mol. The Kier molecular flexibility index (Phi) is 3.96. The van der Waals surface area contributed by atoms with Crippen molar-refractivity contribution in [1.29, 1.82) is 5.26 Å². The molecule has 0 radical (unpaired) electrons. The maximum Gasteiger partial charge on any atom is 0.231 e. The molecule has 1 saturated heterocycles. The number of benzene rings is 1. The van der Waals surface area contributed by atoms with E-state index in [0.29, 0.717) is 19.8 Å². The zero-order chi connectivity index (χ0) is 13.0. The first-order valence-electron chi connectivity index (χ1n) is 6.07. The molecule has 0 aliphatic carbocycles. The van der Waals surface area contributed by atoms with E-state index >= 15 is 0 Å². The normalized spacial score (nSPS) is 21.1. The Balaban J connectivity index is 2.13. The molecule has 1 heterocycles. The van der Waals surface area contributed by atoms with Crippen LogP contribution in [0.3, 0.4) is 0 Å². The van der Waals surface area contributed by atoms with E-state index in [2.05, 4.69) is 6.07 Å². The monoisotopic (exact) mass is 244 g/mol. The van der Waals surface area contributed by atoms with Gasteiger partial charge in [0.05, 0.1) is 25.2 Å². The molecule has 1 aromatic rings. The second kappa shape index (κ2) is 5.65. The summed E-state index contributed by atoms with van der Waals surface area (Å²) in [5.74, 6) is -0.226. The van der Waals surface area contributed by atoms with Crippen molar-refractivity contribution >= 4 is 5.91 Å². The van der Waals surface area contributed by atoms with Crippen LogP contribution in [0.2, 0.25) is 0 Å². The molecule has 0 N–H and O–H groups in total. The molecule has 0 bridgehead atoms. The lowest BCUT2D eigenvalue weighted by molar-refractivity contribution is -0.139. The van der Waals surface area contributed by atoms with E-state index in [0.717, 1.165) is 5.56 Å². The molecule has 4 nitrogen and oxygen atoms in total. The maximum absolute atomic E-state index is 12.4. The molecule has 1 aromatic carbocycles. The molecular weight excluding hydrogens is 228 g/mol. The summed E-state index contributed by atoms with van der Waals surface area (Å²) in [6.45, 7) is 3.19. The van der Waals surface area contributed by atoms with E-state index in [1.165, 1.54) is 0 Å². The topological polar surface area (TPSA) is 53.3 Å². The number of hydrogen-bond donors (Lipinski definition) is 0. The minimum absolute atomic E-state index is 0.00366. The van der Waals surface area contributed by atoms with E-state index < -0.39 is 6.04 Å². The quantitative estimate of drug-likeness (QED) is 0.793. The summed E-state index contributed by atoms with van der Waals surface area (Å²) >= 11 is 0. The van der Waals surface area contributed by atoms with Crippen LogP contribution in [-0.2, 0) is 9.53 Å². The van der Waals surface area contributed by atoms with Crippen molar-refractivity contribution in [3.8, 4) is 6.07 Å². The number of carbonyl (C=O) groups is 1. The van der Waals surface area contributed by atoms with Crippen LogP contribution in [0.1, 0.15) is 18.4 Å². The van der Waals surface area contributed by atoms with Crippen LogP contribution in [0.4, 0.5) is 0 Å². The maximum atomic E-state index is 12.4. The third-order valence-corrected chi connectivity index (χ3v) is 3.23. The lowest BCUT2D eigenvalue weighted by Crippen LogP contribution is -2.49. The molecule has 0 unspecified atom stereocenters. The van der Waals surface area contributed by atoms with E-state index in [1.54, 1.807) is 4.90 Å². The summed E-state index contributed by atoms with van der Waals surface area (Å²) in [5, 5.41) is 9.04. The van der Waals surface area contributed by atoms with Gasteiger partial charge in [0, 0.05) is 6.54 Å². The number of nitriles is 1. The number of morpholine rings is 1. The number of rotatable bonds is 2. The summed E-state index contributed by atoms with van der Waals surface area (Å²) in [6, 6.07) is 11.3. The Labute approximate surface area is 107 Å². The van der Waals surface area contributed by atoms with Gasteiger partial charge in [-0.3, -0.25) is 4.79 Å². The highest BCUT2D eigenvalue weighted by Crippen LogP contribution is 2.20. The Morgan fingerprint density at radius 1 is 1.50 bits per heavy atom. The van der Waals surface area contributed by atoms with Crippen molar-refractivity contribution < 1.29 is 9.53 Å². The Morgan fingerprint density at radius 3 is 2.89 bits per heavy atom. The van der Waals surface area contributed by atoms with Gasteiger partial charge >= 0.3 is 0 Å². The van der Waals surface area contributed by atoms with Gasteiger partial charge in [0.1, 0.15) is 6.04 Å². The molecule has 4 heteroatoms. The van der Waals surface area contributed by atoms with Crippen molar-refractivity contribution in [1.82, 2.24) is 4.90 Å². The molecule has 0 saturated carbocycles. The number of hydrogen-bond acceptors (Lipinski definition) is 3. The summed E-state index contributed by atoms with van der Waals surface area (Å²) in [4.78, 5) is 14.0. The van der Waals surface area contributed by atoms with Gasteiger partial charge in [-0.05, 0) is 12.5 Å². The largest absolute Gasteiger partial charge is 0.376 e. The van der Waals surface area contributed by atoms with E-state index in [1.807, 2.05) is 37.3 Å². The fourth-order valence-corrected chi connectivity index (χ4v) is 2.11. The van der Waals surface area contributed by atoms with Gasteiger partial charge in [-0.1, -0.05) is 30.3 Å². The van der Waals surface area contributed by atoms with Gasteiger partial charge in [-0.15, -0.1) is 0 Å². The van der Waals surface area contributed by atoms with Crippen molar-refractivity contribution in [3.63, 3.8) is 0 Å². The van der Waals surface area contributed by atoms with E-state index in [9.17, 15) is 4.79 Å². The van der Waals surface area contributed by atoms with Gasteiger partial charge in [0.25, 0.3) is 0 Å². The average Bonchev–Trinajstić information content (AvgIpc) is 2.46. The Morgan fingerprint density at radius 2 is 2.22 bits per heavy atom. The molecule has 1 amide bonds. The lowest BCUT2D eigenvalue weighted by Gasteiger charge is -2.33. The molecule has 0 spiro atoms. The first-order chi connectivity index (χ1) is 8.74. The zero-order valence-electron chi connectivity index (χ0n) is 10.4. The van der Waals surface area contributed by atoms with Crippen LogP contribution in [-0.4, -0.2) is 36.6 Å². The second-order valence-corrected chi connectivity index (χ2v) is 4.38. The first kappa shape index (κ1) is 12.6. The number of amides is 1. The Hall–Kier alpha value is -1.86. The van der Waals surface area contributed by atoms with Gasteiger partial charge in [0.2, 0.25) is 5.91 Å². The zero-order valence-corrected chi connectivity index (χ0v) is 10.4. The highest BCUT2D eigenvalue weighted by Gasteiger charge is 2.30. The Bertz CT molecular complexity index is 453. The SMILES string of the molecule is C[C@@H](C(=O)N1CCOC[C@@H]1C#N)c1ccccc1. The standard InChI is InChI=1S/C14H16N2O2/c1-11(12-5-3-2-4-6-12)14(17)16-7-8-18-10-13(16)9-15/h2-6,11,13H,7-8,10H2,1H3/t11-,13+/m1/s1. The lowest BCUT2D eigenvalue weighted by atomic mass is 9.99. The second-order valence-electron chi connectivity index (χ2n) is 4.38. The van der Waals surface area contributed by atoms with E-state index in [4.69, 9.17) is 10.00 Å². The van der Waals surface area contributed by atoms with Crippen LogP contribution in [0.15, 0.2) is 30.3 Å². The van der Waals surface area contributed by atoms with Crippen LogP contribution in [0.25, 0.3) is 0 Å². The summed E-state index contributed by atoms with van der Waals surface area (Å²) in [5.41, 5.74) is 0.977. The van der Waals surface area contributed by atoms with Crippen LogP contribution >= 0.6 is 0 Å². The van der Waals surface area contributed by atoms with Gasteiger partial charge in [-0.2, -0.15) is 5.26 Å². The molecule has 0 aromatic heterocycles. The van der Waals surface area contributed by atoms with Crippen molar-refractivity contribution in [3.05, 3.63) is 35.9 Å². The van der Waals surface area contributed by atoms with Crippen molar-refractivity contribution in [2.24, 2.45) is 0 Å². The smallest absolute Gasteiger partial charge is 0.231 e. The van der Waals surface area contributed by atoms with Crippen LogP contribution in [0.5, 0.6) is 0 Å². The van der Waals surface area contributed by atoms with Crippen molar-refractivity contribution in [2.45, 2.75) is 18.9 Å². The summed E-state index contributed by atoms with van der Waals surface area (Å²) in [7, 11) is 0. The summed E-state index contributed by atoms with van der Waals surface area (Å²) in [6.07, 6.45) is 0. The van der Waals surface area contributed by atoms with Crippen LogP contribution in [0, 0.1) is 11.3 Å². The predicted octanol–water partition coefficient (Wildman–Crippen LogP) is 1.54. The third kappa shape index (κ3) is 2.52. The minimum atomic E-state index is -0.461. The molecule has 1 aliphatic rings. The van der Waals surface area contributed by atoms with Gasteiger partial charge in [-0.25, -0.2) is 0 Å². The number of carbonyl (C=O) groups excluding carboxylic acids is 1. The molecule has 18 heavy (non-hydrogen) atoms. The first-order valence-corrected chi connectivity index (χ1v) is 6.07. The van der Waals surface area contributed by atoms with Crippen molar-refractivity contribution in [2.75, 3.05) is 19.8 Å². The molecule has 1 fully saturated rings. The molecule has 1 aliphatic heterocycles. The molecule has 2 rings (SSSR count). The van der Waals surface area contributed by atoms with Gasteiger partial charge < -0.3 is 9.64 Å². The van der Waals surface area contributed by atoms with Crippen LogP contribution < -0.4 is 0 Å². The van der Waals surface area contributed by atoms with E-state index in [-0.39, 0.29) is 11.8 Å². The summed E-state index contributed by atoms with van der Waals surface area (Å²) < 4.78 is 5.22. The van der Waals surface area contributed by atoms with Gasteiger partial charge in [0.15, 0.2) is 0 Å². The number of nitrogens with zero attached hydrogens (tertiary/aromatic N) is 2. The predicted molar refractivity (Wildman–Crippen MR) is 66.8 cm³/mol. The highest BCUT2D eigenvalue weighted by atomic mass is 16.5. The molecular formula is C14H16N2O2.